The number of nitriles is 1. The van der Waals surface area contributed by atoms with Crippen molar-refractivity contribution in [3.05, 3.63) is 35.4 Å². The van der Waals surface area contributed by atoms with Gasteiger partial charge in [0.1, 0.15) is 5.41 Å². The highest BCUT2D eigenvalue weighted by Crippen LogP contribution is 2.40. The lowest BCUT2D eigenvalue weighted by molar-refractivity contribution is 0.0504. The third-order valence-electron chi connectivity index (χ3n) is 3.74. The van der Waals surface area contributed by atoms with E-state index in [0.29, 0.717) is 25.6 Å². The van der Waals surface area contributed by atoms with E-state index in [0.717, 1.165) is 12.0 Å². The average molecular weight is 259 g/mol. The van der Waals surface area contributed by atoms with E-state index in [1.807, 2.05) is 24.3 Å². The molecule has 0 amide bonds. The third kappa shape index (κ3) is 2.97. The summed E-state index contributed by atoms with van der Waals surface area (Å²) in [7, 11) is 0. The molecule has 0 spiro atoms. The van der Waals surface area contributed by atoms with E-state index in [9.17, 15) is 10.4 Å². The predicted molar refractivity (Wildman–Crippen MR) is 73.4 cm³/mol. The van der Waals surface area contributed by atoms with Crippen LogP contribution < -0.4 is 0 Å². The van der Waals surface area contributed by atoms with Crippen LogP contribution in [0.5, 0.6) is 0 Å². The Morgan fingerprint density at radius 1 is 1.37 bits per heavy atom. The standard InChI is InChI=1S/C16H21NO2/c1-12(2)9-13-3-5-14(6-4-13)15(18)16(10-17)7-8-19-11-16/h3-6,12,15,18H,7-9,11H2,1-2H3. The van der Waals surface area contributed by atoms with Crippen molar-refractivity contribution in [2.24, 2.45) is 11.3 Å². The summed E-state index contributed by atoms with van der Waals surface area (Å²) in [5.41, 5.74) is 1.29. The van der Waals surface area contributed by atoms with E-state index in [4.69, 9.17) is 4.74 Å². The summed E-state index contributed by atoms with van der Waals surface area (Å²) in [5.74, 6) is 0.615. The number of benzene rings is 1. The van der Waals surface area contributed by atoms with Crippen LogP contribution in [0.25, 0.3) is 0 Å². The van der Waals surface area contributed by atoms with E-state index in [2.05, 4.69) is 19.9 Å². The highest BCUT2D eigenvalue weighted by molar-refractivity contribution is 5.28. The first-order chi connectivity index (χ1) is 9.07. The van der Waals surface area contributed by atoms with Gasteiger partial charge in [-0.3, -0.25) is 0 Å². The van der Waals surface area contributed by atoms with Crippen LogP contribution in [0.3, 0.4) is 0 Å². The third-order valence-corrected chi connectivity index (χ3v) is 3.74. The van der Waals surface area contributed by atoms with Crippen LogP contribution in [-0.4, -0.2) is 18.3 Å². The molecule has 2 rings (SSSR count). The normalized spacial score (nSPS) is 24.4. The minimum absolute atomic E-state index is 0.318. The van der Waals surface area contributed by atoms with Crippen molar-refractivity contribution >= 4 is 0 Å². The highest BCUT2D eigenvalue weighted by Gasteiger charge is 2.42. The van der Waals surface area contributed by atoms with Gasteiger partial charge >= 0.3 is 0 Å². The van der Waals surface area contributed by atoms with Gasteiger partial charge in [-0.05, 0) is 29.9 Å². The zero-order valence-electron chi connectivity index (χ0n) is 11.6. The molecule has 3 nitrogen and oxygen atoms in total. The summed E-state index contributed by atoms with van der Waals surface area (Å²) in [4.78, 5) is 0. The Hall–Kier alpha value is -1.37. The Balaban J connectivity index is 2.15. The Labute approximate surface area is 114 Å². The summed E-state index contributed by atoms with van der Waals surface area (Å²) in [6.07, 6.45) is 0.856. The molecule has 0 bridgehead atoms. The fraction of sp³-hybridized carbons (Fsp3) is 0.562. The summed E-state index contributed by atoms with van der Waals surface area (Å²) in [6, 6.07) is 10.2. The number of aliphatic hydroxyl groups is 1. The maximum absolute atomic E-state index is 10.4. The lowest BCUT2D eigenvalue weighted by atomic mass is 9.79. The van der Waals surface area contributed by atoms with Crippen LogP contribution in [0.1, 0.15) is 37.5 Å². The van der Waals surface area contributed by atoms with Crippen LogP contribution in [0.2, 0.25) is 0 Å². The topological polar surface area (TPSA) is 53.2 Å². The lowest BCUT2D eigenvalue weighted by Crippen LogP contribution is -2.27. The molecule has 0 saturated carbocycles. The predicted octanol–water partition coefficient (Wildman–Crippen LogP) is 2.85. The molecule has 2 unspecified atom stereocenters. The van der Waals surface area contributed by atoms with Crippen molar-refractivity contribution in [3.8, 4) is 6.07 Å². The monoisotopic (exact) mass is 259 g/mol. The second-order valence-electron chi connectivity index (χ2n) is 5.81. The van der Waals surface area contributed by atoms with Crippen LogP contribution in [-0.2, 0) is 11.2 Å². The molecule has 1 aromatic carbocycles. The van der Waals surface area contributed by atoms with E-state index in [-0.39, 0.29) is 0 Å². The van der Waals surface area contributed by atoms with Crippen molar-refractivity contribution < 1.29 is 9.84 Å². The molecule has 19 heavy (non-hydrogen) atoms. The molecule has 0 aromatic heterocycles. The molecule has 1 aromatic rings. The quantitative estimate of drug-likeness (QED) is 0.904. The molecule has 2 atom stereocenters. The van der Waals surface area contributed by atoms with E-state index < -0.39 is 11.5 Å². The fourth-order valence-electron chi connectivity index (χ4n) is 2.57. The zero-order valence-corrected chi connectivity index (χ0v) is 11.6. The molecule has 0 radical (unpaired) electrons. The molecular formula is C16H21NO2. The number of hydrogen-bond donors (Lipinski definition) is 1. The van der Waals surface area contributed by atoms with Gasteiger partial charge in [-0.1, -0.05) is 38.1 Å². The second kappa shape index (κ2) is 5.73. The van der Waals surface area contributed by atoms with Crippen LogP contribution in [0.4, 0.5) is 0 Å². The Kier molecular flexibility index (Phi) is 4.24. The SMILES string of the molecule is CC(C)Cc1ccc(C(O)C2(C#N)CCOC2)cc1. The molecule has 1 aliphatic heterocycles. The molecule has 1 saturated heterocycles. The molecule has 0 aliphatic carbocycles. The molecule has 102 valence electrons. The maximum atomic E-state index is 10.4. The van der Waals surface area contributed by atoms with Crippen molar-refractivity contribution in [1.29, 1.82) is 5.26 Å². The van der Waals surface area contributed by atoms with Crippen molar-refractivity contribution in [1.82, 2.24) is 0 Å². The largest absolute Gasteiger partial charge is 0.387 e. The Morgan fingerprint density at radius 3 is 2.53 bits per heavy atom. The van der Waals surface area contributed by atoms with Gasteiger partial charge in [-0.25, -0.2) is 0 Å². The number of ether oxygens (including phenoxy) is 1. The molecule has 1 N–H and O–H groups in total. The highest BCUT2D eigenvalue weighted by atomic mass is 16.5. The summed E-state index contributed by atoms with van der Waals surface area (Å²) in [6.45, 7) is 5.24. The van der Waals surface area contributed by atoms with Gasteiger partial charge in [0.25, 0.3) is 0 Å². The number of nitrogens with zero attached hydrogens (tertiary/aromatic N) is 1. The van der Waals surface area contributed by atoms with Crippen molar-refractivity contribution in [2.45, 2.75) is 32.8 Å². The van der Waals surface area contributed by atoms with Crippen molar-refractivity contribution in [3.63, 3.8) is 0 Å². The van der Waals surface area contributed by atoms with Crippen LogP contribution >= 0.6 is 0 Å². The van der Waals surface area contributed by atoms with Crippen molar-refractivity contribution in [2.75, 3.05) is 13.2 Å². The lowest BCUT2D eigenvalue weighted by Gasteiger charge is -2.25. The van der Waals surface area contributed by atoms with E-state index in [1.165, 1.54) is 5.56 Å². The minimum Gasteiger partial charge on any atom is -0.387 e. The number of rotatable bonds is 4. The molecule has 3 heteroatoms. The number of aliphatic hydroxyl groups excluding tert-OH is 1. The zero-order chi connectivity index (χ0) is 13.9. The molecule has 1 fully saturated rings. The number of hydrogen-bond acceptors (Lipinski definition) is 3. The van der Waals surface area contributed by atoms with Crippen LogP contribution in [0.15, 0.2) is 24.3 Å². The molecular weight excluding hydrogens is 238 g/mol. The average Bonchev–Trinajstić information content (AvgIpc) is 2.88. The van der Waals surface area contributed by atoms with E-state index >= 15 is 0 Å². The summed E-state index contributed by atoms with van der Waals surface area (Å²) in [5, 5.41) is 19.8. The fourth-order valence-corrected chi connectivity index (χ4v) is 2.57. The van der Waals surface area contributed by atoms with Gasteiger partial charge in [-0.2, -0.15) is 5.26 Å². The van der Waals surface area contributed by atoms with E-state index in [1.54, 1.807) is 0 Å². The van der Waals surface area contributed by atoms with Gasteiger partial charge in [0.15, 0.2) is 0 Å². The van der Waals surface area contributed by atoms with Gasteiger partial charge in [0.05, 0.1) is 18.8 Å². The molecule has 1 heterocycles. The van der Waals surface area contributed by atoms with Gasteiger partial charge < -0.3 is 9.84 Å². The first kappa shape index (κ1) is 14.0. The second-order valence-corrected chi connectivity index (χ2v) is 5.81. The van der Waals surface area contributed by atoms with Gasteiger partial charge in [-0.15, -0.1) is 0 Å². The summed E-state index contributed by atoms with van der Waals surface area (Å²) < 4.78 is 5.29. The Bertz CT molecular complexity index is 453. The first-order valence-corrected chi connectivity index (χ1v) is 6.83. The first-order valence-electron chi connectivity index (χ1n) is 6.83. The van der Waals surface area contributed by atoms with Gasteiger partial charge in [0, 0.05) is 6.61 Å². The smallest absolute Gasteiger partial charge is 0.113 e. The minimum atomic E-state index is -0.778. The molecule has 1 aliphatic rings. The Morgan fingerprint density at radius 2 is 2.05 bits per heavy atom. The maximum Gasteiger partial charge on any atom is 0.113 e. The van der Waals surface area contributed by atoms with Gasteiger partial charge in [0.2, 0.25) is 0 Å². The summed E-state index contributed by atoms with van der Waals surface area (Å²) >= 11 is 0. The van der Waals surface area contributed by atoms with Crippen LogP contribution in [0, 0.1) is 22.7 Å².